The van der Waals surface area contributed by atoms with Crippen molar-refractivity contribution in [1.82, 2.24) is 0 Å². The predicted molar refractivity (Wildman–Crippen MR) is 146 cm³/mol. The number of hydrogen-bond donors (Lipinski definition) is 4. The van der Waals surface area contributed by atoms with Crippen molar-refractivity contribution in [1.29, 1.82) is 0 Å². The van der Waals surface area contributed by atoms with Gasteiger partial charge in [-0.05, 0) is 36.4 Å². The van der Waals surface area contributed by atoms with Crippen molar-refractivity contribution >= 4 is 42.2 Å². The summed E-state index contributed by atoms with van der Waals surface area (Å²) in [6.07, 6.45) is 0. The maximum atomic E-state index is 13.1. The van der Waals surface area contributed by atoms with Crippen LogP contribution in [0.2, 0.25) is 0 Å². The summed E-state index contributed by atoms with van der Waals surface area (Å²) in [7, 11) is -5.41. The molecule has 0 heterocycles. The fraction of sp³-hybridized carbons (Fsp3) is 0.0833. The van der Waals surface area contributed by atoms with Crippen molar-refractivity contribution in [2.45, 2.75) is 9.79 Å². The first-order valence-electron chi connectivity index (χ1n) is 11.1. The molecule has 0 amide bonds. The molecule has 0 aliphatic rings. The van der Waals surface area contributed by atoms with Gasteiger partial charge in [-0.2, -0.15) is 10.2 Å². The number of nitrogens with two attached hydrogens (primary N) is 2. The fourth-order valence-corrected chi connectivity index (χ4v) is 4.79. The first kappa shape index (κ1) is 28.4. The van der Waals surface area contributed by atoms with Crippen molar-refractivity contribution in [3.05, 3.63) is 91.8 Å². The Balaban J connectivity index is 1.89. The lowest BCUT2D eigenvalue weighted by atomic mass is 10.1. The first-order valence-corrected chi connectivity index (χ1v) is 14.2. The number of hydrogen-bond acceptors (Lipinski definition) is 12. The Morgan fingerprint density at radius 2 is 1.02 bits per heavy atom. The van der Waals surface area contributed by atoms with E-state index < -0.39 is 30.9 Å². The summed E-state index contributed by atoms with van der Waals surface area (Å²) in [5, 5.41) is 18.5. The molecule has 0 spiro atoms. The van der Waals surface area contributed by atoms with Gasteiger partial charge in [0.25, 0.3) is 10.9 Å². The maximum Gasteiger partial charge on any atom is 0.256 e. The highest BCUT2D eigenvalue weighted by atomic mass is 32.2. The van der Waals surface area contributed by atoms with Gasteiger partial charge < -0.3 is 9.47 Å². The van der Waals surface area contributed by atoms with Gasteiger partial charge in [0.05, 0.1) is 35.4 Å². The van der Waals surface area contributed by atoms with Crippen LogP contribution in [0, 0.1) is 0 Å². The quantitative estimate of drug-likeness (QED) is 0.154. The number of benzene rings is 4. The van der Waals surface area contributed by atoms with Crippen LogP contribution in [0.25, 0.3) is 10.8 Å². The van der Waals surface area contributed by atoms with E-state index in [1.807, 2.05) is 0 Å². The predicted octanol–water partition coefficient (Wildman–Crippen LogP) is -0.397. The zero-order valence-electron chi connectivity index (χ0n) is 20.9. The van der Waals surface area contributed by atoms with E-state index in [-0.39, 0.29) is 54.2 Å². The molecule has 4 rings (SSSR count). The Morgan fingerprint density at radius 3 is 1.35 bits per heavy atom. The summed E-state index contributed by atoms with van der Waals surface area (Å²) < 4.78 is 57.5. The Labute approximate surface area is 227 Å². The molecule has 208 valence electrons. The minimum absolute atomic E-state index is 0.0715. The number of primary sulfonamides is 2. The van der Waals surface area contributed by atoms with Crippen LogP contribution in [-0.4, -0.2) is 31.1 Å². The first-order chi connectivity index (χ1) is 18.8. The van der Waals surface area contributed by atoms with Crippen molar-refractivity contribution in [3.8, 4) is 11.5 Å². The second-order valence-corrected chi connectivity index (χ2v) is 11.3. The van der Waals surface area contributed by atoms with Gasteiger partial charge in [0.15, 0.2) is 0 Å². The van der Waals surface area contributed by atoms with Gasteiger partial charge in [0.2, 0.25) is 20.0 Å². The van der Waals surface area contributed by atoms with Gasteiger partial charge >= 0.3 is 0 Å². The zero-order chi connectivity index (χ0) is 29.2. The summed E-state index contributed by atoms with van der Waals surface area (Å²) in [5.74, 6) is 0.392. The molecule has 6 N–H and O–H groups in total. The van der Waals surface area contributed by atoms with Crippen LogP contribution in [0.3, 0.4) is 0 Å². The Bertz CT molecular complexity index is 1940. The molecule has 4 aromatic rings. The Hall–Kier alpha value is -4.64. The molecule has 0 atom stereocenters. The molecular formula is C24H22N6O8S2. The molecule has 16 heteroatoms. The average molecular weight is 587 g/mol. The molecule has 0 aliphatic heterocycles. The van der Waals surface area contributed by atoms with Gasteiger partial charge in [-0.3, -0.25) is 20.4 Å². The van der Waals surface area contributed by atoms with Gasteiger partial charge in [-0.1, -0.05) is 24.3 Å². The average Bonchev–Trinajstić information content (AvgIpc) is 2.91. The SMILES string of the molecule is COc1ccc(S(N)(=O)=O)cc1N/N=c1\c(=O)c(=O)/c(=N/Nc2cc(S(N)(=O)=O)ccc2OC)c2ccccc12. The Morgan fingerprint density at radius 1 is 0.650 bits per heavy atom. The van der Waals surface area contributed by atoms with Gasteiger partial charge in [0, 0.05) is 10.8 Å². The summed E-state index contributed by atoms with van der Waals surface area (Å²) in [6.45, 7) is 0. The van der Waals surface area contributed by atoms with E-state index in [1.165, 1.54) is 62.8 Å². The molecule has 0 aliphatic carbocycles. The second-order valence-electron chi connectivity index (χ2n) is 8.16. The number of nitrogens with zero attached hydrogens (tertiary/aromatic N) is 2. The van der Waals surface area contributed by atoms with Gasteiger partial charge in [-0.15, -0.1) is 0 Å². The summed E-state index contributed by atoms with van der Waals surface area (Å²) in [6, 6.07) is 13.8. The highest BCUT2D eigenvalue weighted by molar-refractivity contribution is 7.89. The highest BCUT2D eigenvalue weighted by Crippen LogP contribution is 2.28. The number of sulfonamides is 2. The molecule has 40 heavy (non-hydrogen) atoms. The monoisotopic (exact) mass is 586 g/mol. The van der Waals surface area contributed by atoms with E-state index in [2.05, 4.69) is 21.1 Å². The third kappa shape index (κ3) is 5.69. The molecule has 0 saturated heterocycles. The molecule has 0 saturated carbocycles. The highest BCUT2D eigenvalue weighted by Gasteiger charge is 2.15. The third-order valence-electron chi connectivity index (χ3n) is 5.65. The van der Waals surface area contributed by atoms with E-state index in [0.29, 0.717) is 0 Å². The third-order valence-corrected chi connectivity index (χ3v) is 7.47. The fourth-order valence-electron chi connectivity index (χ4n) is 3.71. The van der Waals surface area contributed by atoms with Crippen LogP contribution in [0.1, 0.15) is 0 Å². The summed E-state index contributed by atoms with van der Waals surface area (Å²) in [5.41, 5.74) is 3.26. The van der Waals surface area contributed by atoms with E-state index in [4.69, 9.17) is 19.8 Å². The smallest absolute Gasteiger partial charge is 0.256 e. The lowest BCUT2D eigenvalue weighted by molar-refractivity contribution is 0.416. The molecule has 0 aromatic heterocycles. The Kier molecular flexibility index (Phi) is 7.70. The molecule has 0 unspecified atom stereocenters. The number of ether oxygens (including phenoxy) is 2. The number of rotatable bonds is 8. The minimum atomic E-state index is -4.05. The van der Waals surface area contributed by atoms with E-state index in [0.717, 1.165) is 0 Å². The van der Waals surface area contributed by atoms with Gasteiger partial charge in [-0.25, -0.2) is 27.1 Å². The lowest BCUT2D eigenvalue weighted by Gasteiger charge is -2.10. The standard InChI is InChI=1S/C24H22N6O8S2/c1-37-19-9-7-13(39(25,33)34)11-17(19)27-29-21-15-5-3-4-6-16(15)22(24(32)23(21)31)30-28-18-12-14(40(26,35)36)8-10-20(18)38-2/h3-12,27-28H,1-2H3,(H2,25,33,34)(H2,26,35,36)/b29-21-,30-22+. The topological polar surface area (TPSA) is 222 Å². The molecule has 0 bridgehead atoms. The number of anilines is 2. The second kappa shape index (κ2) is 10.9. The lowest BCUT2D eigenvalue weighted by Crippen LogP contribution is -2.48. The van der Waals surface area contributed by atoms with Crippen molar-refractivity contribution in [2.75, 3.05) is 25.1 Å². The normalized spacial score (nSPS) is 12.9. The van der Waals surface area contributed by atoms with Crippen LogP contribution >= 0.6 is 0 Å². The minimum Gasteiger partial charge on any atom is -0.495 e. The molecular weight excluding hydrogens is 564 g/mol. The van der Waals surface area contributed by atoms with E-state index >= 15 is 0 Å². The summed E-state index contributed by atoms with van der Waals surface area (Å²) >= 11 is 0. The summed E-state index contributed by atoms with van der Waals surface area (Å²) in [4.78, 5) is 25.8. The van der Waals surface area contributed by atoms with E-state index in [1.54, 1.807) is 12.1 Å². The number of methoxy groups -OCH3 is 2. The number of nitrogens with one attached hydrogen (secondary N) is 2. The molecule has 0 radical (unpaired) electrons. The van der Waals surface area contributed by atoms with Crippen LogP contribution < -0.4 is 52.2 Å². The van der Waals surface area contributed by atoms with Crippen LogP contribution in [-0.2, 0) is 20.0 Å². The van der Waals surface area contributed by atoms with E-state index in [9.17, 15) is 26.4 Å². The zero-order valence-corrected chi connectivity index (χ0v) is 22.5. The number of fused-ring (bicyclic) bond motifs is 1. The van der Waals surface area contributed by atoms with Crippen LogP contribution in [0.15, 0.2) is 90.2 Å². The van der Waals surface area contributed by atoms with Crippen molar-refractivity contribution in [3.63, 3.8) is 0 Å². The molecule has 0 fully saturated rings. The molecule has 4 aromatic carbocycles. The van der Waals surface area contributed by atoms with Gasteiger partial charge in [0.1, 0.15) is 22.2 Å². The molecule has 14 nitrogen and oxygen atoms in total. The maximum absolute atomic E-state index is 13.1. The van der Waals surface area contributed by atoms with Crippen LogP contribution in [0.5, 0.6) is 11.5 Å². The van der Waals surface area contributed by atoms with Crippen LogP contribution in [0.4, 0.5) is 11.4 Å². The van der Waals surface area contributed by atoms with Crippen molar-refractivity contribution in [2.24, 2.45) is 20.5 Å². The van der Waals surface area contributed by atoms with Crippen molar-refractivity contribution < 1.29 is 26.3 Å². The largest absolute Gasteiger partial charge is 0.495 e.